The van der Waals surface area contributed by atoms with E-state index in [1.165, 1.54) is 6.07 Å². The van der Waals surface area contributed by atoms with Gasteiger partial charge in [-0.3, -0.25) is 9.59 Å². The largest absolute Gasteiger partial charge is 0.339 e. The lowest BCUT2D eigenvalue weighted by Gasteiger charge is -2.18. The predicted octanol–water partition coefficient (Wildman–Crippen LogP) is 2.31. The molecule has 2 aromatic carbocycles. The fourth-order valence-corrected chi connectivity index (χ4v) is 2.19. The highest BCUT2D eigenvalue weighted by Crippen LogP contribution is 2.32. The molecule has 2 aromatic rings. The zero-order valence-electron chi connectivity index (χ0n) is 9.21. The van der Waals surface area contributed by atoms with Crippen LogP contribution in [0.3, 0.4) is 0 Å². The third-order valence-corrected chi connectivity index (χ3v) is 3.01. The lowest BCUT2D eigenvalue weighted by molar-refractivity contribution is -0.137. The van der Waals surface area contributed by atoms with Crippen LogP contribution in [0.1, 0.15) is 31.8 Å². The van der Waals surface area contributed by atoms with Gasteiger partial charge in [0, 0.05) is 16.7 Å². The Morgan fingerprint density at radius 1 is 0.778 bits per heavy atom. The number of carbonyl (C=O) groups is 2. The van der Waals surface area contributed by atoms with E-state index in [4.69, 9.17) is 5.26 Å². The number of fused-ring (bicyclic) bond motifs is 2. The van der Waals surface area contributed by atoms with Gasteiger partial charge in [0.15, 0.2) is 17.3 Å². The molecule has 0 atom stereocenters. The van der Waals surface area contributed by atoms with E-state index in [-0.39, 0.29) is 28.4 Å². The first-order valence-electron chi connectivity index (χ1n) is 5.37. The quantitative estimate of drug-likeness (QED) is 0.523. The average molecular weight is 240 g/mol. The maximum absolute atomic E-state index is 12.3. The maximum Gasteiger partial charge on any atom is 0.198 e. The molecule has 0 aliphatic heterocycles. The molecule has 1 aliphatic carbocycles. The summed E-state index contributed by atoms with van der Waals surface area (Å²) in [6.07, 6.45) is 0. The van der Waals surface area contributed by atoms with Crippen LogP contribution in [0.15, 0.2) is 42.5 Å². The van der Waals surface area contributed by atoms with Crippen LogP contribution in [-0.4, -0.2) is 16.8 Å². The summed E-state index contributed by atoms with van der Waals surface area (Å²) in [6, 6.07) is 11.2. The monoisotopic (exact) mass is 240 g/mol. The molecular formula is C14H8O4. The SMILES string of the molecule is O=C1c2ccccc2C(=O)c2c(OO)cccc21. The number of hydrogen-bond donors (Lipinski definition) is 1. The van der Waals surface area contributed by atoms with Gasteiger partial charge in [0.2, 0.25) is 0 Å². The van der Waals surface area contributed by atoms with Crippen molar-refractivity contribution in [3.05, 3.63) is 64.7 Å². The number of ketones is 2. The van der Waals surface area contributed by atoms with E-state index in [1.54, 1.807) is 36.4 Å². The summed E-state index contributed by atoms with van der Waals surface area (Å²) in [7, 11) is 0. The van der Waals surface area contributed by atoms with Crippen molar-refractivity contribution in [3.8, 4) is 5.75 Å². The summed E-state index contributed by atoms with van der Waals surface area (Å²) >= 11 is 0. The van der Waals surface area contributed by atoms with Crippen molar-refractivity contribution in [1.82, 2.24) is 0 Å². The molecule has 0 unspecified atom stereocenters. The lowest BCUT2D eigenvalue weighted by Crippen LogP contribution is -2.21. The standard InChI is InChI=1S/C14H8O4/c15-13-8-4-1-2-5-9(8)14(16)12-10(13)6-3-7-11(12)18-17/h1-7,17H. The van der Waals surface area contributed by atoms with Crippen LogP contribution in [0.4, 0.5) is 0 Å². The molecule has 18 heavy (non-hydrogen) atoms. The summed E-state index contributed by atoms with van der Waals surface area (Å²) in [4.78, 5) is 28.7. The van der Waals surface area contributed by atoms with Crippen molar-refractivity contribution in [2.75, 3.05) is 0 Å². The summed E-state index contributed by atoms with van der Waals surface area (Å²) in [6.45, 7) is 0. The van der Waals surface area contributed by atoms with E-state index >= 15 is 0 Å². The van der Waals surface area contributed by atoms with Crippen LogP contribution < -0.4 is 4.89 Å². The van der Waals surface area contributed by atoms with Gasteiger partial charge in [-0.05, 0) is 6.07 Å². The van der Waals surface area contributed by atoms with Crippen molar-refractivity contribution >= 4 is 11.6 Å². The summed E-state index contributed by atoms with van der Waals surface area (Å²) in [5.74, 6) is -0.552. The molecule has 0 saturated heterocycles. The van der Waals surface area contributed by atoms with Gasteiger partial charge in [-0.2, -0.15) is 0 Å². The molecule has 1 aliphatic rings. The molecule has 0 bridgehead atoms. The second kappa shape index (κ2) is 3.78. The molecule has 4 heteroatoms. The third kappa shape index (κ3) is 1.30. The molecule has 0 radical (unpaired) electrons. The van der Waals surface area contributed by atoms with Crippen LogP contribution in [0.2, 0.25) is 0 Å². The van der Waals surface area contributed by atoms with Crippen molar-refractivity contribution < 1.29 is 19.7 Å². The predicted molar refractivity (Wildman–Crippen MR) is 63.0 cm³/mol. The Bertz CT molecular complexity index is 673. The summed E-state index contributed by atoms with van der Waals surface area (Å²) in [5, 5.41) is 8.78. The van der Waals surface area contributed by atoms with E-state index in [0.717, 1.165) is 0 Å². The van der Waals surface area contributed by atoms with Gasteiger partial charge in [-0.25, -0.2) is 5.26 Å². The first-order valence-corrected chi connectivity index (χ1v) is 5.37. The molecule has 0 saturated carbocycles. The second-order valence-electron chi connectivity index (χ2n) is 3.97. The molecule has 3 rings (SSSR count). The van der Waals surface area contributed by atoms with Gasteiger partial charge in [0.25, 0.3) is 0 Å². The Kier molecular flexibility index (Phi) is 2.25. The van der Waals surface area contributed by atoms with Gasteiger partial charge < -0.3 is 4.89 Å². The minimum Gasteiger partial charge on any atom is -0.339 e. The fraction of sp³-hybridized carbons (Fsp3) is 0. The minimum atomic E-state index is -0.315. The zero-order valence-corrected chi connectivity index (χ0v) is 9.21. The van der Waals surface area contributed by atoms with E-state index in [1.807, 2.05) is 0 Å². The highest BCUT2D eigenvalue weighted by Gasteiger charge is 2.31. The average Bonchev–Trinajstić information content (AvgIpc) is 2.44. The Morgan fingerprint density at radius 2 is 1.39 bits per heavy atom. The van der Waals surface area contributed by atoms with Gasteiger partial charge in [0.05, 0.1) is 5.56 Å². The molecule has 0 aromatic heterocycles. The van der Waals surface area contributed by atoms with E-state index in [9.17, 15) is 9.59 Å². The van der Waals surface area contributed by atoms with Crippen LogP contribution in [-0.2, 0) is 0 Å². The van der Waals surface area contributed by atoms with E-state index in [0.29, 0.717) is 11.1 Å². The number of carbonyl (C=O) groups excluding carboxylic acids is 2. The molecule has 0 spiro atoms. The van der Waals surface area contributed by atoms with Crippen molar-refractivity contribution in [2.45, 2.75) is 0 Å². The van der Waals surface area contributed by atoms with Crippen molar-refractivity contribution in [3.63, 3.8) is 0 Å². The van der Waals surface area contributed by atoms with Crippen LogP contribution in [0.5, 0.6) is 5.75 Å². The van der Waals surface area contributed by atoms with Gasteiger partial charge >= 0.3 is 0 Å². The van der Waals surface area contributed by atoms with E-state index in [2.05, 4.69) is 4.89 Å². The van der Waals surface area contributed by atoms with Gasteiger partial charge in [-0.15, -0.1) is 0 Å². The Labute approximate surface area is 102 Å². The smallest absolute Gasteiger partial charge is 0.198 e. The second-order valence-corrected chi connectivity index (χ2v) is 3.97. The molecule has 1 N–H and O–H groups in total. The normalized spacial score (nSPS) is 12.9. The van der Waals surface area contributed by atoms with E-state index < -0.39 is 0 Å². The summed E-state index contributed by atoms with van der Waals surface area (Å²) in [5.41, 5.74) is 1.08. The number of rotatable bonds is 1. The number of hydrogen-bond acceptors (Lipinski definition) is 4. The highest BCUT2D eigenvalue weighted by atomic mass is 17.1. The molecule has 4 nitrogen and oxygen atoms in total. The Morgan fingerprint density at radius 3 is 2.06 bits per heavy atom. The first-order chi connectivity index (χ1) is 8.74. The topological polar surface area (TPSA) is 63.6 Å². The van der Waals surface area contributed by atoms with Crippen LogP contribution >= 0.6 is 0 Å². The molecule has 0 heterocycles. The van der Waals surface area contributed by atoms with Crippen molar-refractivity contribution in [2.24, 2.45) is 0 Å². The van der Waals surface area contributed by atoms with Crippen molar-refractivity contribution in [1.29, 1.82) is 0 Å². The fourth-order valence-electron chi connectivity index (χ4n) is 2.19. The van der Waals surface area contributed by atoms with Gasteiger partial charge in [0.1, 0.15) is 0 Å². The van der Waals surface area contributed by atoms with Crippen LogP contribution in [0, 0.1) is 0 Å². The lowest BCUT2D eigenvalue weighted by atomic mass is 9.84. The number of benzene rings is 2. The molecule has 0 fully saturated rings. The van der Waals surface area contributed by atoms with Gasteiger partial charge in [-0.1, -0.05) is 36.4 Å². The minimum absolute atomic E-state index is 0.000327. The Balaban J connectivity index is 2.34. The maximum atomic E-state index is 12.3. The highest BCUT2D eigenvalue weighted by molar-refractivity contribution is 6.29. The first kappa shape index (κ1) is 10.7. The molecular weight excluding hydrogens is 232 g/mol. The molecule has 88 valence electrons. The Hall–Kier alpha value is -2.46. The summed E-state index contributed by atoms with van der Waals surface area (Å²) < 4.78 is 0. The van der Waals surface area contributed by atoms with Crippen LogP contribution in [0.25, 0.3) is 0 Å². The zero-order chi connectivity index (χ0) is 12.7. The third-order valence-electron chi connectivity index (χ3n) is 3.01. The molecule has 0 amide bonds.